The molecule has 2 nitrogen and oxygen atoms in total. The summed E-state index contributed by atoms with van der Waals surface area (Å²) in [7, 11) is 0. The van der Waals surface area contributed by atoms with Gasteiger partial charge in [-0.15, -0.1) is 0 Å². The number of hydrogen-bond donors (Lipinski definition) is 3. The summed E-state index contributed by atoms with van der Waals surface area (Å²) in [6.45, 7) is 4.75. The molecule has 0 spiro atoms. The lowest BCUT2D eigenvalue weighted by Crippen LogP contribution is -2.54. The summed E-state index contributed by atoms with van der Waals surface area (Å²) in [5, 5.41) is 20.9. The zero-order chi connectivity index (χ0) is 15.7. The summed E-state index contributed by atoms with van der Waals surface area (Å²) >= 11 is 4.93. The van der Waals surface area contributed by atoms with Crippen LogP contribution in [0.5, 0.6) is 0 Å². The van der Waals surface area contributed by atoms with Crippen molar-refractivity contribution in [1.82, 2.24) is 0 Å². The van der Waals surface area contributed by atoms with E-state index in [1.807, 2.05) is 0 Å². The molecule has 1 unspecified atom stereocenters. The Morgan fingerprint density at radius 3 is 2.64 bits per heavy atom. The molecule has 0 heterocycles. The van der Waals surface area contributed by atoms with Gasteiger partial charge in [-0.25, -0.2) is 0 Å². The number of allylic oxidation sites excluding steroid dienone is 1. The maximum Gasteiger partial charge on any atom is 0.0734 e. The first-order valence-electron chi connectivity index (χ1n) is 9.12. The molecule has 0 aromatic rings. The highest BCUT2D eigenvalue weighted by atomic mass is 32.1. The number of hydrogen-bond acceptors (Lipinski definition) is 3. The second kappa shape index (κ2) is 5.00. The quantitative estimate of drug-likeness (QED) is 0.471. The van der Waals surface area contributed by atoms with E-state index >= 15 is 0 Å². The minimum absolute atomic E-state index is 0.0943. The highest BCUT2D eigenvalue weighted by Gasteiger charge is 2.60. The predicted octanol–water partition coefficient (Wildman–Crippen LogP) is 3.58. The monoisotopic (exact) mass is 322 g/mol. The number of aliphatic hydroxyl groups excluding tert-OH is 2. The van der Waals surface area contributed by atoms with Crippen molar-refractivity contribution in [3.05, 3.63) is 11.6 Å². The van der Waals surface area contributed by atoms with Gasteiger partial charge in [-0.05, 0) is 68.1 Å². The van der Waals surface area contributed by atoms with Crippen molar-refractivity contribution < 1.29 is 10.2 Å². The first-order chi connectivity index (χ1) is 10.4. The van der Waals surface area contributed by atoms with E-state index < -0.39 is 0 Å². The minimum Gasteiger partial charge on any atom is -0.393 e. The minimum atomic E-state index is -0.302. The van der Waals surface area contributed by atoms with Crippen molar-refractivity contribution in [2.45, 2.75) is 76.3 Å². The Morgan fingerprint density at radius 1 is 1.09 bits per heavy atom. The molecule has 2 N–H and O–H groups in total. The van der Waals surface area contributed by atoms with E-state index in [2.05, 4.69) is 19.9 Å². The van der Waals surface area contributed by atoms with Gasteiger partial charge in [0.1, 0.15) is 0 Å². The third-order valence-corrected chi connectivity index (χ3v) is 8.89. The van der Waals surface area contributed by atoms with Gasteiger partial charge in [0.25, 0.3) is 0 Å². The molecule has 124 valence electrons. The lowest BCUT2D eigenvalue weighted by Gasteiger charge is -2.59. The zero-order valence-corrected chi connectivity index (χ0v) is 14.7. The van der Waals surface area contributed by atoms with Gasteiger partial charge in [-0.3, -0.25) is 0 Å². The van der Waals surface area contributed by atoms with Gasteiger partial charge in [0.2, 0.25) is 0 Å². The van der Waals surface area contributed by atoms with Gasteiger partial charge in [0.05, 0.1) is 12.2 Å². The van der Waals surface area contributed by atoms with Crippen LogP contribution in [0.3, 0.4) is 0 Å². The maximum absolute atomic E-state index is 10.5. The van der Waals surface area contributed by atoms with Gasteiger partial charge < -0.3 is 10.2 Å². The maximum atomic E-state index is 10.5. The van der Waals surface area contributed by atoms with Gasteiger partial charge in [0.15, 0.2) is 0 Å². The van der Waals surface area contributed by atoms with Crippen molar-refractivity contribution in [3.63, 3.8) is 0 Å². The zero-order valence-electron chi connectivity index (χ0n) is 13.8. The van der Waals surface area contributed by atoms with Crippen LogP contribution in [0.15, 0.2) is 11.6 Å². The number of rotatable bonds is 0. The number of aliphatic hydroxyl groups is 2. The van der Waals surface area contributed by atoms with Crippen LogP contribution in [0, 0.1) is 28.6 Å². The Balaban J connectivity index is 1.71. The molecular weight excluding hydrogens is 292 g/mol. The molecule has 0 bridgehead atoms. The lowest BCUT2D eigenvalue weighted by atomic mass is 9.47. The van der Waals surface area contributed by atoms with Crippen LogP contribution in [0.25, 0.3) is 0 Å². The number of thiol groups is 1. The molecule has 8 atom stereocenters. The molecule has 3 heteroatoms. The first kappa shape index (κ1) is 15.5. The summed E-state index contributed by atoms with van der Waals surface area (Å²) in [5.74, 6) is 2.11. The van der Waals surface area contributed by atoms with Crippen molar-refractivity contribution in [1.29, 1.82) is 0 Å². The standard InChI is InChI=1S/C19H30O2S/c1-18-8-7-15-13(14(18)5-6-16(18)21)4-3-11-9-12(20)10-17(22)19(11,15)2/h9,12-17,20-22H,3-8,10H2,1-2H3/t12-,13-,14-,15-,16-,17?,18-,19-/m0/s1. The molecular formula is C19H30O2S. The molecule has 0 radical (unpaired) electrons. The van der Waals surface area contributed by atoms with E-state index in [-0.39, 0.29) is 28.3 Å². The summed E-state index contributed by atoms with van der Waals surface area (Å²) in [6, 6.07) is 0. The lowest BCUT2D eigenvalue weighted by molar-refractivity contribution is -0.0743. The molecule has 0 aromatic heterocycles. The Hall–Kier alpha value is 0.01000. The van der Waals surface area contributed by atoms with Crippen LogP contribution in [0.1, 0.15) is 58.8 Å². The second-order valence-corrected chi connectivity index (χ2v) is 9.47. The molecule has 3 fully saturated rings. The third kappa shape index (κ3) is 1.88. The Kier molecular flexibility index (Phi) is 3.53. The number of fused-ring (bicyclic) bond motifs is 5. The van der Waals surface area contributed by atoms with Crippen LogP contribution < -0.4 is 0 Å². The summed E-state index contributed by atoms with van der Waals surface area (Å²) < 4.78 is 0. The average molecular weight is 323 g/mol. The first-order valence-corrected chi connectivity index (χ1v) is 9.64. The Labute approximate surface area is 139 Å². The van der Waals surface area contributed by atoms with Crippen LogP contribution in [0.4, 0.5) is 0 Å². The van der Waals surface area contributed by atoms with Crippen molar-refractivity contribution in [2.24, 2.45) is 28.6 Å². The van der Waals surface area contributed by atoms with Crippen LogP contribution in [-0.4, -0.2) is 27.7 Å². The smallest absolute Gasteiger partial charge is 0.0734 e. The largest absolute Gasteiger partial charge is 0.393 e. The summed E-state index contributed by atoms with van der Waals surface area (Å²) in [4.78, 5) is 0. The Bertz CT molecular complexity index is 504. The predicted molar refractivity (Wildman–Crippen MR) is 91.9 cm³/mol. The Morgan fingerprint density at radius 2 is 1.86 bits per heavy atom. The van der Waals surface area contributed by atoms with Crippen molar-refractivity contribution in [3.8, 4) is 0 Å². The fourth-order valence-corrected chi connectivity index (χ4v) is 7.31. The average Bonchev–Trinajstić information content (AvgIpc) is 2.77. The van der Waals surface area contributed by atoms with E-state index in [9.17, 15) is 10.2 Å². The van der Waals surface area contributed by atoms with E-state index in [0.717, 1.165) is 31.6 Å². The summed E-state index contributed by atoms with van der Waals surface area (Å²) in [5.41, 5.74) is 1.77. The molecule has 4 aliphatic rings. The van der Waals surface area contributed by atoms with Crippen molar-refractivity contribution in [2.75, 3.05) is 0 Å². The van der Waals surface area contributed by atoms with Crippen molar-refractivity contribution >= 4 is 12.6 Å². The molecule has 22 heavy (non-hydrogen) atoms. The summed E-state index contributed by atoms with van der Waals surface area (Å²) in [6.07, 6.45) is 9.47. The normalized spacial score (nSPS) is 57.6. The molecule has 3 saturated carbocycles. The van der Waals surface area contributed by atoms with Gasteiger partial charge in [-0.1, -0.05) is 25.5 Å². The fourth-order valence-electron chi connectivity index (χ4n) is 6.73. The highest BCUT2D eigenvalue weighted by Crippen LogP contribution is 2.65. The molecule has 4 aliphatic carbocycles. The molecule has 0 amide bonds. The third-order valence-electron chi connectivity index (χ3n) is 8.15. The van der Waals surface area contributed by atoms with E-state index in [0.29, 0.717) is 11.8 Å². The molecule has 0 saturated heterocycles. The molecule has 4 rings (SSSR count). The SMILES string of the molecule is C[C@]12CC[C@H]3[C@@H](CCC4=C[C@H](O)CC(S)[C@@]43C)[C@@H]1CC[C@@H]2O. The highest BCUT2D eigenvalue weighted by molar-refractivity contribution is 7.81. The van der Waals surface area contributed by atoms with E-state index in [1.165, 1.54) is 24.8 Å². The van der Waals surface area contributed by atoms with Crippen LogP contribution in [-0.2, 0) is 0 Å². The topological polar surface area (TPSA) is 40.5 Å². The fraction of sp³-hybridized carbons (Fsp3) is 0.895. The second-order valence-electron chi connectivity index (χ2n) is 8.85. The van der Waals surface area contributed by atoms with Gasteiger partial charge in [-0.2, -0.15) is 12.6 Å². The van der Waals surface area contributed by atoms with Crippen LogP contribution in [0.2, 0.25) is 0 Å². The van der Waals surface area contributed by atoms with E-state index in [1.54, 1.807) is 0 Å². The molecule has 0 aromatic carbocycles. The molecule has 0 aliphatic heterocycles. The van der Waals surface area contributed by atoms with Gasteiger partial charge >= 0.3 is 0 Å². The van der Waals surface area contributed by atoms with Gasteiger partial charge in [0, 0.05) is 10.7 Å². The van der Waals surface area contributed by atoms with Crippen LogP contribution >= 0.6 is 12.6 Å². The van der Waals surface area contributed by atoms with E-state index in [4.69, 9.17) is 12.6 Å².